The number of nitrogen functional groups attached to an aromatic ring is 1. The van der Waals surface area contributed by atoms with Gasteiger partial charge in [-0.2, -0.15) is 0 Å². The third-order valence-corrected chi connectivity index (χ3v) is 2.53. The summed E-state index contributed by atoms with van der Waals surface area (Å²) < 4.78 is 5.06. The van der Waals surface area contributed by atoms with E-state index in [0.717, 1.165) is 5.56 Å². The summed E-state index contributed by atoms with van der Waals surface area (Å²) in [4.78, 5) is 11.9. The van der Waals surface area contributed by atoms with Crippen molar-refractivity contribution in [3.8, 4) is 0 Å². The first-order valence-electron chi connectivity index (χ1n) is 5.46. The van der Waals surface area contributed by atoms with Gasteiger partial charge in [0.05, 0.1) is 17.4 Å². The first-order chi connectivity index (χ1) is 8.08. The van der Waals surface area contributed by atoms with Crippen LogP contribution in [0.5, 0.6) is 0 Å². The van der Waals surface area contributed by atoms with Crippen molar-refractivity contribution in [1.82, 2.24) is 5.32 Å². The third-order valence-electron chi connectivity index (χ3n) is 2.53. The highest BCUT2D eigenvalue weighted by molar-refractivity contribution is 5.99. The van der Waals surface area contributed by atoms with Crippen molar-refractivity contribution in [2.45, 2.75) is 20.0 Å². The Balaban J connectivity index is 2.75. The van der Waals surface area contributed by atoms with Gasteiger partial charge < -0.3 is 15.5 Å². The Morgan fingerprint density at radius 3 is 2.82 bits per heavy atom. The molecule has 0 bridgehead atoms. The van der Waals surface area contributed by atoms with Crippen LogP contribution in [0.4, 0.5) is 5.69 Å². The van der Waals surface area contributed by atoms with E-state index >= 15 is 0 Å². The number of carbonyl (C=O) groups is 1. The number of hydrogen-bond acceptors (Lipinski definition) is 4. The number of rotatable bonds is 5. The Bertz CT molecular complexity index is 393. The quantitative estimate of drug-likeness (QED) is 0.528. The van der Waals surface area contributed by atoms with Gasteiger partial charge >= 0.3 is 0 Å². The first-order valence-corrected chi connectivity index (χ1v) is 5.46. The Labute approximate surface area is 101 Å². The van der Waals surface area contributed by atoms with Crippen molar-refractivity contribution in [3.05, 3.63) is 29.3 Å². The summed E-state index contributed by atoms with van der Waals surface area (Å²) in [5.41, 5.74) is 4.72. The van der Waals surface area contributed by atoms with E-state index in [4.69, 9.17) is 10.6 Å². The smallest absolute Gasteiger partial charge is 0.253 e. The molecule has 0 aliphatic carbocycles. The van der Waals surface area contributed by atoms with Gasteiger partial charge in [-0.1, -0.05) is 6.07 Å². The second-order valence-corrected chi connectivity index (χ2v) is 3.95. The normalized spacial score (nSPS) is 12.0. The van der Waals surface area contributed by atoms with Gasteiger partial charge in [0, 0.05) is 13.7 Å². The first kappa shape index (κ1) is 13.5. The molecule has 0 aliphatic heterocycles. The molecular formula is C12H19N3O2. The highest BCUT2D eigenvalue weighted by Crippen LogP contribution is 2.16. The number of aryl methyl sites for hydroxylation is 1. The van der Waals surface area contributed by atoms with Crippen LogP contribution in [0.3, 0.4) is 0 Å². The lowest BCUT2D eigenvalue weighted by molar-refractivity contribution is 0.0871. The van der Waals surface area contributed by atoms with E-state index < -0.39 is 0 Å². The molecule has 4 N–H and O–H groups in total. The molecule has 1 aromatic rings. The number of ether oxygens (including phenoxy) is 1. The van der Waals surface area contributed by atoms with E-state index in [1.165, 1.54) is 0 Å². The van der Waals surface area contributed by atoms with Crippen molar-refractivity contribution >= 4 is 11.6 Å². The van der Waals surface area contributed by atoms with Crippen LogP contribution >= 0.6 is 0 Å². The summed E-state index contributed by atoms with van der Waals surface area (Å²) in [5.74, 6) is 5.22. The Morgan fingerprint density at radius 1 is 1.53 bits per heavy atom. The highest BCUT2D eigenvalue weighted by atomic mass is 16.5. The van der Waals surface area contributed by atoms with Gasteiger partial charge in [0.1, 0.15) is 0 Å². The van der Waals surface area contributed by atoms with Gasteiger partial charge in [-0.05, 0) is 31.5 Å². The molecule has 0 aromatic heterocycles. The number of carbonyl (C=O) groups excluding carboxylic acids is 1. The van der Waals surface area contributed by atoms with E-state index in [-0.39, 0.29) is 12.0 Å². The average molecular weight is 237 g/mol. The summed E-state index contributed by atoms with van der Waals surface area (Å²) in [6, 6.07) is 5.45. The van der Waals surface area contributed by atoms with Gasteiger partial charge in [-0.3, -0.25) is 10.6 Å². The number of hydrogen-bond donors (Lipinski definition) is 3. The second-order valence-electron chi connectivity index (χ2n) is 3.95. The monoisotopic (exact) mass is 237 g/mol. The van der Waals surface area contributed by atoms with Crippen molar-refractivity contribution < 1.29 is 9.53 Å². The van der Waals surface area contributed by atoms with Crippen molar-refractivity contribution in [2.24, 2.45) is 5.84 Å². The molecule has 0 fully saturated rings. The van der Waals surface area contributed by atoms with E-state index in [0.29, 0.717) is 17.8 Å². The van der Waals surface area contributed by atoms with Crippen molar-refractivity contribution in [3.63, 3.8) is 0 Å². The molecular weight excluding hydrogens is 218 g/mol. The number of amides is 1. The molecule has 1 amide bonds. The molecule has 1 rings (SSSR count). The Hall–Kier alpha value is -1.59. The molecule has 0 heterocycles. The van der Waals surface area contributed by atoms with Crippen LogP contribution in [0.15, 0.2) is 18.2 Å². The predicted molar refractivity (Wildman–Crippen MR) is 67.8 cm³/mol. The summed E-state index contributed by atoms with van der Waals surface area (Å²) in [6.45, 7) is 4.29. The maximum absolute atomic E-state index is 11.9. The lowest BCUT2D eigenvalue weighted by Crippen LogP contribution is -2.32. The van der Waals surface area contributed by atoms with Crippen molar-refractivity contribution in [2.75, 3.05) is 19.1 Å². The molecule has 0 spiro atoms. The zero-order valence-electron chi connectivity index (χ0n) is 10.4. The average Bonchev–Trinajstić information content (AvgIpc) is 2.35. The van der Waals surface area contributed by atoms with Crippen LogP contribution in [0.25, 0.3) is 0 Å². The molecule has 1 atom stereocenters. The minimum Gasteiger partial charge on any atom is -0.380 e. The molecule has 5 nitrogen and oxygen atoms in total. The number of anilines is 1. The fourth-order valence-corrected chi connectivity index (χ4v) is 1.39. The number of nitrogens with one attached hydrogen (secondary N) is 2. The molecule has 1 aromatic carbocycles. The number of nitrogens with two attached hydrogens (primary N) is 1. The molecule has 0 radical (unpaired) electrons. The number of methoxy groups -OCH3 is 1. The maximum atomic E-state index is 11.9. The minimum absolute atomic E-state index is 0.0151. The van der Waals surface area contributed by atoms with E-state index in [9.17, 15) is 4.79 Å². The topological polar surface area (TPSA) is 76.4 Å². The van der Waals surface area contributed by atoms with E-state index in [2.05, 4.69) is 10.7 Å². The lowest BCUT2D eigenvalue weighted by atomic mass is 10.1. The fourth-order valence-electron chi connectivity index (χ4n) is 1.39. The fraction of sp³-hybridized carbons (Fsp3) is 0.417. The molecule has 17 heavy (non-hydrogen) atoms. The molecule has 0 saturated carbocycles. The maximum Gasteiger partial charge on any atom is 0.253 e. The van der Waals surface area contributed by atoms with Crippen LogP contribution in [-0.2, 0) is 4.74 Å². The zero-order valence-corrected chi connectivity index (χ0v) is 10.4. The standard InChI is InChI=1S/C12H19N3O2/c1-8-4-5-10(11(6-8)15-13)12(16)14-7-9(2)17-3/h4-6,9,15H,7,13H2,1-3H3,(H,14,16). The van der Waals surface area contributed by atoms with Gasteiger partial charge in [0.2, 0.25) is 0 Å². The number of benzene rings is 1. The van der Waals surface area contributed by atoms with Gasteiger partial charge in [0.15, 0.2) is 0 Å². The summed E-state index contributed by atoms with van der Waals surface area (Å²) in [5, 5.41) is 2.78. The molecule has 0 aliphatic rings. The van der Waals surface area contributed by atoms with Crippen LogP contribution in [-0.4, -0.2) is 25.7 Å². The number of hydrazine groups is 1. The predicted octanol–water partition coefficient (Wildman–Crippen LogP) is 1.05. The van der Waals surface area contributed by atoms with Crippen LogP contribution in [0.1, 0.15) is 22.8 Å². The van der Waals surface area contributed by atoms with Gasteiger partial charge in [0.25, 0.3) is 5.91 Å². The van der Waals surface area contributed by atoms with E-state index in [1.807, 2.05) is 26.0 Å². The summed E-state index contributed by atoms with van der Waals surface area (Å²) >= 11 is 0. The molecule has 0 saturated heterocycles. The lowest BCUT2D eigenvalue weighted by Gasteiger charge is -2.13. The van der Waals surface area contributed by atoms with Crippen LogP contribution in [0.2, 0.25) is 0 Å². The Kier molecular flexibility index (Phi) is 4.93. The summed E-state index contributed by atoms with van der Waals surface area (Å²) in [7, 11) is 1.61. The summed E-state index contributed by atoms with van der Waals surface area (Å²) in [6.07, 6.45) is -0.0151. The Morgan fingerprint density at radius 2 is 2.24 bits per heavy atom. The van der Waals surface area contributed by atoms with Crippen molar-refractivity contribution in [1.29, 1.82) is 0 Å². The third kappa shape index (κ3) is 3.72. The zero-order chi connectivity index (χ0) is 12.8. The molecule has 94 valence electrons. The van der Waals surface area contributed by atoms with E-state index in [1.54, 1.807) is 13.2 Å². The molecule has 5 heteroatoms. The minimum atomic E-state index is -0.165. The second kappa shape index (κ2) is 6.22. The van der Waals surface area contributed by atoms with Crippen LogP contribution < -0.4 is 16.6 Å². The highest BCUT2D eigenvalue weighted by Gasteiger charge is 2.11. The SMILES string of the molecule is COC(C)CNC(=O)c1ccc(C)cc1NN. The largest absolute Gasteiger partial charge is 0.380 e. The van der Waals surface area contributed by atoms with Crippen LogP contribution in [0, 0.1) is 6.92 Å². The van der Waals surface area contributed by atoms with Gasteiger partial charge in [-0.15, -0.1) is 0 Å². The van der Waals surface area contributed by atoms with Gasteiger partial charge in [-0.25, -0.2) is 0 Å². The molecule has 1 unspecified atom stereocenters.